The summed E-state index contributed by atoms with van der Waals surface area (Å²) in [5.74, 6) is 0.219. The van der Waals surface area contributed by atoms with Gasteiger partial charge in [-0.1, -0.05) is 39.8 Å². The lowest BCUT2D eigenvalue weighted by atomic mass is 10.2. The van der Waals surface area contributed by atoms with Crippen LogP contribution in [0.15, 0.2) is 45.5 Å². The Morgan fingerprint density at radius 2 is 2.23 bits per heavy atom. The second-order valence-corrected chi connectivity index (χ2v) is 7.83. The first-order valence-electron chi connectivity index (χ1n) is 7.69. The highest BCUT2D eigenvalue weighted by Gasteiger charge is 2.14. The minimum atomic E-state index is -0.514. The Morgan fingerprint density at radius 3 is 2.96 bits per heavy atom. The molecule has 3 aromatic rings. The van der Waals surface area contributed by atoms with E-state index in [0.717, 1.165) is 20.7 Å². The first-order chi connectivity index (χ1) is 12.6. The predicted molar refractivity (Wildman–Crippen MR) is 107 cm³/mol. The molecule has 0 spiro atoms. The number of benzene rings is 1. The lowest BCUT2D eigenvalue weighted by molar-refractivity contribution is 0.0526. The number of nitrogen functional groups attached to an aromatic ring is 1. The number of esters is 1. The monoisotopic (exact) mass is 450 g/mol. The molecule has 2 heterocycles. The average molecular weight is 451 g/mol. The van der Waals surface area contributed by atoms with Crippen LogP contribution in [0.1, 0.15) is 23.0 Å². The Morgan fingerprint density at radius 1 is 1.38 bits per heavy atom. The van der Waals surface area contributed by atoms with Gasteiger partial charge in [0.2, 0.25) is 0 Å². The quantitative estimate of drug-likeness (QED) is 0.337. The van der Waals surface area contributed by atoms with Crippen molar-refractivity contribution in [3.63, 3.8) is 0 Å². The number of thioether (sulfide) groups is 1. The molecule has 0 unspecified atom stereocenters. The van der Waals surface area contributed by atoms with Gasteiger partial charge in [-0.25, -0.2) is 19.7 Å². The highest BCUT2D eigenvalue weighted by molar-refractivity contribution is 9.10. The van der Waals surface area contributed by atoms with E-state index in [1.165, 1.54) is 18.0 Å². The van der Waals surface area contributed by atoms with E-state index in [9.17, 15) is 4.79 Å². The number of carbonyl (C=O) groups excluding carboxylic acids is 1. The summed E-state index contributed by atoms with van der Waals surface area (Å²) >= 11 is 6.47. The molecule has 0 fully saturated rings. The summed E-state index contributed by atoms with van der Waals surface area (Å²) in [5.41, 5.74) is 8.02. The van der Waals surface area contributed by atoms with Crippen molar-refractivity contribution in [2.45, 2.75) is 17.8 Å². The fourth-order valence-electron chi connectivity index (χ4n) is 2.08. The number of nitrogens with zero attached hydrogens (tertiary/aromatic N) is 3. The second-order valence-electron chi connectivity index (χ2n) is 5.11. The zero-order valence-corrected chi connectivity index (χ0v) is 17.0. The minimum absolute atomic E-state index is 0.119. The molecular formula is C17H15BrN4O2S2. The molecule has 0 saturated heterocycles. The van der Waals surface area contributed by atoms with Crippen LogP contribution in [-0.2, 0) is 10.5 Å². The first kappa shape index (κ1) is 18.8. The number of anilines is 1. The number of hydrogen-bond acceptors (Lipinski definition) is 8. The van der Waals surface area contributed by atoms with Gasteiger partial charge in [0.15, 0.2) is 5.16 Å². The summed E-state index contributed by atoms with van der Waals surface area (Å²) in [6.07, 6.45) is 1.40. The third-order valence-corrected chi connectivity index (χ3v) is 5.59. The van der Waals surface area contributed by atoms with Crippen molar-refractivity contribution in [1.82, 2.24) is 15.0 Å². The molecule has 0 amide bonds. The van der Waals surface area contributed by atoms with Crippen molar-refractivity contribution in [3.05, 3.63) is 51.6 Å². The van der Waals surface area contributed by atoms with Crippen LogP contribution in [-0.4, -0.2) is 27.5 Å². The largest absolute Gasteiger partial charge is 0.462 e. The molecule has 0 aliphatic carbocycles. The Labute approximate surface area is 167 Å². The molecule has 0 radical (unpaired) electrons. The number of hydrogen-bond donors (Lipinski definition) is 1. The summed E-state index contributed by atoms with van der Waals surface area (Å²) in [4.78, 5) is 24.7. The highest BCUT2D eigenvalue weighted by Crippen LogP contribution is 2.28. The highest BCUT2D eigenvalue weighted by atomic mass is 79.9. The van der Waals surface area contributed by atoms with Gasteiger partial charge >= 0.3 is 5.97 Å². The van der Waals surface area contributed by atoms with Gasteiger partial charge in [-0.05, 0) is 19.1 Å². The molecule has 134 valence electrons. The number of ether oxygens (including phenoxy) is 1. The van der Waals surface area contributed by atoms with Gasteiger partial charge in [0.05, 0.1) is 12.3 Å². The fourth-order valence-corrected chi connectivity index (χ4v) is 4.12. The fraction of sp³-hybridized carbons (Fsp3) is 0.176. The maximum Gasteiger partial charge on any atom is 0.343 e. The second kappa shape index (κ2) is 8.61. The zero-order chi connectivity index (χ0) is 18.5. The van der Waals surface area contributed by atoms with Gasteiger partial charge in [-0.15, -0.1) is 11.3 Å². The van der Waals surface area contributed by atoms with Gasteiger partial charge in [0, 0.05) is 27.4 Å². The average Bonchev–Trinajstić information content (AvgIpc) is 3.09. The van der Waals surface area contributed by atoms with Gasteiger partial charge in [0.1, 0.15) is 16.4 Å². The number of rotatable bonds is 6. The number of carbonyl (C=O) groups is 1. The van der Waals surface area contributed by atoms with Crippen LogP contribution >= 0.6 is 39.0 Å². The summed E-state index contributed by atoms with van der Waals surface area (Å²) in [7, 11) is 0. The smallest absolute Gasteiger partial charge is 0.343 e. The summed E-state index contributed by atoms with van der Waals surface area (Å²) in [6, 6.07) is 8.03. The molecule has 0 saturated carbocycles. The molecule has 0 atom stereocenters. The molecule has 3 rings (SSSR count). The lowest BCUT2D eigenvalue weighted by Gasteiger charge is -2.05. The molecule has 6 nitrogen and oxygen atoms in total. The zero-order valence-electron chi connectivity index (χ0n) is 13.8. The van der Waals surface area contributed by atoms with Crippen molar-refractivity contribution in [3.8, 4) is 10.6 Å². The van der Waals surface area contributed by atoms with Crippen LogP contribution in [0.4, 0.5) is 5.82 Å². The topological polar surface area (TPSA) is 91.0 Å². The van der Waals surface area contributed by atoms with Crippen LogP contribution in [0.25, 0.3) is 10.6 Å². The van der Waals surface area contributed by atoms with E-state index in [1.807, 2.05) is 29.6 Å². The van der Waals surface area contributed by atoms with Crippen molar-refractivity contribution in [1.29, 1.82) is 0 Å². The van der Waals surface area contributed by atoms with Crippen molar-refractivity contribution < 1.29 is 9.53 Å². The third-order valence-electron chi connectivity index (χ3n) is 3.26. The molecule has 0 aliphatic heterocycles. The van der Waals surface area contributed by atoms with E-state index in [0.29, 0.717) is 10.9 Å². The number of halogens is 1. The van der Waals surface area contributed by atoms with E-state index in [2.05, 4.69) is 30.9 Å². The SMILES string of the molecule is CCOC(=O)c1cnc(SCc2csc(-c3cccc(Br)c3)n2)nc1N. The van der Waals surface area contributed by atoms with Crippen LogP contribution in [0, 0.1) is 0 Å². The summed E-state index contributed by atoms with van der Waals surface area (Å²) in [6.45, 7) is 2.01. The number of nitrogens with two attached hydrogens (primary N) is 1. The predicted octanol–water partition coefficient (Wildman–Crippen LogP) is 4.41. The Hall–Kier alpha value is -1.97. The number of aromatic nitrogens is 3. The summed E-state index contributed by atoms with van der Waals surface area (Å²) < 4.78 is 5.93. The normalized spacial score (nSPS) is 10.7. The van der Waals surface area contributed by atoms with Gasteiger partial charge < -0.3 is 10.5 Å². The van der Waals surface area contributed by atoms with Gasteiger partial charge in [-0.2, -0.15) is 0 Å². The Balaban J connectivity index is 1.66. The third kappa shape index (κ3) is 4.60. The Bertz CT molecular complexity index is 933. The van der Waals surface area contributed by atoms with E-state index in [-0.39, 0.29) is 18.0 Å². The maximum absolute atomic E-state index is 11.7. The Kier molecular flexibility index (Phi) is 6.23. The number of thiazole rings is 1. The van der Waals surface area contributed by atoms with E-state index in [4.69, 9.17) is 10.5 Å². The molecule has 1 aromatic carbocycles. The van der Waals surface area contributed by atoms with E-state index >= 15 is 0 Å². The van der Waals surface area contributed by atoms with Crippen molar-refractivity contribution in [2.24, 2.45) is 0 Å². The molecule has 9 heteroatoms. The van der Waals surface area contributed by atoms with Gasteiger partial charge in [-0.3, -0.25) is 0 Å². The van der Waals surface area contributed by atoms with E-state index < -0.39 is 5.97 Å². The lowest BCUT2D eigenvalue weighted by Crippen LogP contribution is -2.10. The van der Waals surface area contributed by atoms with Crippen molar-refractivity contribution in [2.75, 3.05) is 12.3 Å². The molecule has 0 bridgehead atoms. The summed E-state index contributed by atoms with van der Waals surface area (Å²) in [5, 5.41) is 3.46. The molecule has 2 aromatic heterocycles. The van der Waals surface area contributed by atoms with Crippen LogP contribution in [0.2, 0.25) is 0 Å². The molecule has 26 heavy (non-hydrogen) atoms. The van der Waals surface area contributed by atoms with Crippen LogP contribution in [0.3, 0.4) is 0 Å². The van der Waals surface area contributed by atoms with Crippen LogP contribution < -0.4 is 5.73 Å². The maximum atomic E-state index is 11.7. The first-order valence-corrected chi connectivity index (χ1v) is 10.4. The van der Waals surface area contributed by atoms with Gasteiger partial charge in [0.25, 0.3) is 0 Å². The van der Waals surface area contributed by atoms with E-state index in [1.54, 1.807) is 18.3 Å². The molecule has 2 N–H and O–H groups in total. The molecule has 0 aliphatic rings. The van der Waals surface area contributed by atoms with Crippen molar-refractivity contribution >= 4 is 50.8 Å². The van der Waals surface area contributed by atoms with Crippen LogP contribution in [0.5, 0.6) is 0 Å². The standard InChI is InChI=1S/C17H15BrN4O2S2/c1-2-24-16(23)13-7-20-17(22-14(13)19)26-9-12-8-25-15(21-12)10-4-3-5-11(18)6-10/h3-8H,2,9H2,1H3,(H2,19,20,22). The molecular weight excluding hydrogens is 436 g/mol. The minimum Gasteiger partial charge on any atom is -0.462 e.